The Morgan fingerprint density at radius 2 is 0.829 bits per heavy atom. The van der Waals surface area contributed by atoms with E-state index in [2.05, 4.69) is 0 Å². The van der Waals surface area contributed by atoms with E-state index in [9.17, 15) is 45.7 Å². The smallest absolute Gasteiger partial charge is 0.243 e. The molecule has 0 bridgehead atoms. The first-order valence-corrected chi connectivity index (χ1v) is 16.7. The summed E-state index contributed by atoms with van der Waals surface area (Å²) in [5.41, 5.74) is 0. The first kappa shape index (κ1) is 31.3. The lowest BCUT2D eigenvalue weighted by Crippen LogP contribution is -2.31. The molecule has 0 aromatic heterocycles. The van der Waals surface area contributed by atoms with Crippen molar-refractivity contribution >= 4 is 62.4 Å². The van der Waals surface area contributed by atoms with Gasteiger partial charge in [0.2, 0.25) is 30.1 Å². The zero-order valence-corrected chi connectivity index (χ0v) is 25.0. The lowest BCUT2D eigenvalue weighted by molar-refractivity contribution is 0.266. The number of aliphatic hydroxyl groups excluding tert-OH is 3. The number of likely N-dealkylation sites (N-methyl/N-ethyl adjacent to an activating group) is 3. The van der Waals surface area contributed by atoms with Crippen LogP contribution in [0.4, 0.5) is 0 Å². The third-order valence-electron chi connectivity index (χ3n) is 7.07. The van der Waals surface area contributed by atoms with Gasteiger partial charge in [-0.1, -0.05) is 18.2 Å². The van der Waals surface area contributed by atoms with Gasteiger partial charge in [-0.2, -0.15) is 12.9 Å². The number of phenols is 1. The molecule has 16 heteroatoms. The molecule has 0 heterocycles. The maximum atomic E-state index is 13.7. The van der Waals surface area contributed by atoms with Crippen LogP contribution < -0.4 is 0 Å². The van der Waals surface area contributed by atoms with Crippen molar-refractivity contribution in [2.45, 2.75) is 14.7 Å². The Kier molecular flexibility index (Phi) is 8.54. The lowest BCUT2D eigenvalue weighted by atomic mass is 9.94. The molecule has 0 fully saturated rings. The first-order chi connectivity index (χ1) is 19.2. The van der Waals surface area contributed by atoms with Gasteiger partial charge >= 0.3 is 0 Å². The summed E-state index contributed by atoms with van der Waals surface area (Å²) in [6, 6.07) is 7.67. The van der Waals surface area contributed by atoms with Gasteiger partial charge in [0, 0.05) is 79.2 Å². The number of phenolic OH excluding ortho intramolecular Hbond substituents is 1. The zero-order chi connectivity index (χ0) is 30.5. The third-order valence-corrected chi connectivity index (χ3v) is 12.8. The van der Waals surface area contributed by atoms with E-state index in [0.717, 1.165) is 25.0 Å². The van der Waals surface area contributed by atoms with Crippen LogP contribution in [0.1, 0.15) is 0 Å². The fraction of sp³-hybridized carbons (Fsp3) is 0.360. The van der Waals surface area contributed by atoms with E-state index in [0.29, 0.717) is 0 Å². The molecule has 0 spiro atoms. The molecular formula is C25H31N3O10S3. The number of hydrogen-bond acceptors (Lipinski definition) is 10. The number of sulfonamides is 3. The molecule has 0 aliphatic rings. The van der Waals surface area contributed by atoms with Crippen molar-refractivity contribution in [3.8, 4) is 5.75 Å². The maximum Gasteiger partial charge on any atom is 0.243 e. The second-order valence-corrected chi connectivity index (χ2v) is 15.5. The van der Waals surface area contributed by atoms with Crippen molar-refractivity contribution in [3.05, 3.63) is 36.4 Å². The van der Waals surface area contributed by atoms with E-state index in [4.69, 9.17) is 0 Å². The van der Waals surface area contributed by atoms with Crippen LogP contribution in [0.3, 0.4) is 0 Å². The van der Waals surface area contributed by atoms with Gasteiger partial charge in [-0.05, 0) is 12.1 Å². The monoisotopic (exact) mass is 629 g/mol. The number of benzene rings is 4. The fourth-order valence-corrected chi connectivity index (χ4v) is 8.99. The maximum absolute atomic E-state index is 13.7. The number of nitrogens with zero attached hydrogens (tertiary/aromatic N) is 3. The Morgan fingerprint density at radius 3 is 1.17 bits per heavy atom. The Labute approximate surface area is 237 Å². The number of aliphatic hydroxyl groups is 3. The van der Waals surface area contributed by atoms with Gasteiger partial charge in [-0.3, -0.25) is 0 Å². The molecule has 13 nitrogen and oxygen atoms in total. The summed E-state index contributed by atoms with van der Waals surface area (Å²) in [5, 5.41) is 39.6. The second kappa shape index (κ2) is 11.2. The largest absolute Gasteiger partial charge is 0.507 e. The summed E-state index contributed by atoms with van der Waals surface area (Å²) >= 11 is 0. The minimum Gasteiger partial charge on any atom is -0.507 e. The van der Waals surface area contributed by atoms with Gasteiger partial charge in [0.1, 0.15) is 5.75 Å². The molecule has 0 saturated carbocycles. The van der Waals surface area contributed by atoms with Crippen LogP contribution in [0.2, 0.25) is 0 Å². The summed E-state index contributed by atoms with van der Waals surface area (Å²) in [5.74, 6) is -0.435. The third kappa shape index (κ3) is 5.02. The van der Waals surface area contributed by atoms with Crippen molar-refractivity contribution in [3.63, 3.8) is 0 Å². The van der Waals surface area contributed by atoms with E-state index >= 15 is 0 Å². The summed E-state index contributed by atoms with van der Waals surface area (Å²) < 4.78 is 84.3. The van der Waals surface area contributed by atoms with Gasteiger partial charge < -0.3 is 20.4 Å². The first-order valence-electron chi connectivity index (χ1n) is 12.3. The molecule has 0 amide bonds. The molecule has 224 valence electrons. The molecule has 0 unspecified atom stereocenters. The quantitative estimate of drug-likeness (QED) is 0.157. The Morgan fingerprint density at radius 1 is 0.537 bits per heavy atom. The molecule has 4 N–H and O–H groups in total. The van der Waals surface area contributed by atoms with Crippen LogP contribution in [0.5, 0.6) is 5.75 Å². The van der Waals surface area contributed by atoms with E-state index < -0.39 is 65.4 Å². The molecule has 0 radical (unpaired) electrons. The second-order valence-electron chi connectivity index (χ2n) is 9.49. The van der Waals surface area contributed by atoms with Crippen LogP contribution in [-0.2, 0) is 30.1 Å². The zero-order valence-electron chi connectivity index (χ0n) is 22.5. The molecule has 41 heavy (non-hydrogen) atoms. The predicted octanol–water partition coefficient (Wildman–Crippen LogP) is 0.128. The molecular weight excluding hydrogens is 598 g/mol. The Balaban J connectivity index is 2.27. The van der Waals surface area contributed by atoms with E-state index in [1.54, 1.807) is 0 Å². The number of aromatic hydroxyl groups is 1. The molecule has 4 aromatic carbocycles. The Hall–Kier alpha value is -2.67. The van der Waals surface area contributed by atoms with Gasteiger partial charge in [0.05, 0.1) is 34.5 Å². The lowest BCUT2D eigenvalue weighted by Gasteiger charge is -2.24. The highest BCUT2D eigenvalue weighted by molar-refractivity contribution is 7.90. The SMILES string of the molecule is CN(CCO)S(=O)(=O)c1cc(O)c2ccc3c(S(=O)(=O)N(C)CCO)cc(S(=O)(=O)N(C)CCO)c4ccc1c2c34. The fourth-order valence-electron chi connectivity index (χ4n) is 4.81. The summed E-state index contributed by atoms with van der Waals surface area (Å²) in [7, 11) is -9.34. The highest BCUT2D eigenvalue weighted by Gasteiger charge is 2.33. The van der Waals surface area contributed by atoms with Crippen molar-refractivity contribution < 1.29 is 45.7 Å². The van der Waals surface area contributed by atoms with Crippen LogP contribution in [0.25, 0.3) is 32.3 Å². The normalized spacial score (nSPS) is 13.6. The topological polar surface area (TPSA) is 193 Å². The van der Waals surface area contributed by atoms with Crippen molar-refractivity contribution in [1.82, 2.24) is 12.9 Å². The number of hydrogen-bond donors (Lipinski definition) is 4. The molecule has 0 aliphatic carbocycles. The summed E-state index contributed by atoms with van der Waals surface area (Å²) in [6.45, 7) is -2.25. The van der Waals surface area contributed by atoms with Crippen molar-refractivity contribution in [1.29, 1.82) is 0 Å². The average molecular weight is 630 g/mol. The number of rotatable bonds is 12. The molecule has 0 aliphatic heterocycles. The minimum absolute atomic E-state index is 0.0734. The molecule has 4 rings (SSSR count). The van der Waals surface area contributed by atoms with Crippen molar-refractivity contribution in [2.24, 2.45) is 0 Å². The van der Waals surface area contributed by atoms with Crippen LogP contribution >= 0.6 is 0 Å². The van der Waals surface area contributed by atoms with Crippen molar-refractivity contribution in [2.75, 3.05) is 60.6 Å². The van der Waals surface area contributed by atoms with Gasteiger partial charge in [0.25, 0.3) is 0 Å². The summed E-state index contributed by atoms with van der Waals surface area (Å²) in [4.78, 5) is -1.13. The highest BCUT2D eigenvalue weighted by Crippen LogP contribution is 2.45. The van der Waals surface area contributed by atoms with E-state index in [1.807, 2.05) is 0 Å². The molecule has 0 saturated heterocycles. The van der Waals surface area contributed by atoms with Gasteiger partial charge in [-0.25, -0.2) is 25.3 Å². The van der Waals surface area contributed by atoms with Crippen LogP contribution in [0, 0.1) is 0 Å². The molecule has 0 atom stereocenters. The minimum atomic E-state index is -4.39. The standard InChI is InChI=1S/C25H31N3O10S3/c1-26(8-11-29)39(33,34)21-14-20(32)16-4-5-18-22(40(35,36)27(2)9-12-30)15-23(41(37,38)28(3)10-13-31)19-7-6-17(21)24(16)25(18)19/h4-7,14-15,29-32H,8-13H2,1-3H3. The van der Waals surface area contributed by atoms with Crippen LogP contribution in [0.15, 0.2) is 51.1 Å². The Bertz CT molecular complexity index is 1880. The van der Waals surface area contributed by atoms with E-state index in [-0.39, 0.29) is 56.8 Å². The average Bonchev–Trinajstić information content (AvgIpc) is 2.92. The van der Waals surface area contributed by atoms with Crippen LogP contribution in [-0.4, -0.2) is 119 Å². The highest BCUT2D eigenvalue weighted by atomic mass is 32.2. The molecule has 4 aromatic rings. The van der Waals surface area contributed by atoms with Gasteiger partial charge in [0.15, 0.2) is 0 Å². The summed E-state index contributed by atoms with van der Waals surface area (Å²) in [6.07, 6.45) is 0. The predicted molar refractivity (Wildman–Crippen MR) is 153 cm³/mol. The van der Waals surface area contributed by atoms with Gasteiger partial charge in [-0.15, -0.1) is 0 Å². The van der Waals surface area contributed by atoms with E-state index in [1.165, 1.54) is 45.4 Å².